The van der Waals surface area contributed by atoms with Crippen molar-refractivity contribution in [3.8, 4) is 0 Å². The van der Waals surface area contributed by atoms with Crippen LogP contribution in [0.3, 0.4) is 0 Å². The largest absolute Gasteiger partial charge is 0.480 e. The van der Waals surface area contributed by atoms with Crippen LogP contribution < -0.4 is 11.1 Å². The Hall–Kier alpha value is -1.10. The zero-order chi connectivity index (χ0) is 12.7. The van der Waals surface area contributed by atoms with Crippen molar-refractivity contribution < 1.29 is 14.7 Å². The van der Waals surface area contributed by atoms with Gasteiger partial charge in [-0.2, -0.15) is 0 Å². The lowest BCUT2D eigenvalue weighted by Gasteiger charge is -2.22. The molecule has 4 N–H and O–H groups in total. The van der Waals surface area contributed by atoms with Gasteiger partial charge in [-0.15, -0.1) is 0 Å². The van der Waals surface area contributed by atoms with Crippen LogP contribution >= 0.6 is 0 Å². The number of amides is 1. The van der Waals surface area contributed by atoms with Gasteiger partial charge in [0.2, 0.25) is 5.91 Å². The van der Waals surface area contributed by atoms with Crippen molar-refractivity contribution in [1.29, 1.82) is 0 Å². The van der Waals surface area contributed by atoms with Crippen LogP contribution in [0.1, 0.15) is 33.6 Å². The van der Waals surface area contributed by atoms with Crippen LogP contribution in [0.25, 0.3) is 0 Å². The summed E-state index contributed by atoms with van der Waals surface area (Å²) in [6.45, 7) is 5.81. The average Bonchev–Trinajstić information content (AvgIpc) is 2.26. The number of hydrogen-bond acceptors (Lipinski definition) is 3. The lowest BCUT2D eigenvalue weighted by molar-refractivity contribution is -0.144. The Morgan fingerprint density at radius 2 is 1.88 bits per heavy atom. The highest BCUT2D eigenvalue weighted by Crippen LogP contribution is 2.09. The molecule has 0 aliphatic carbocycles. The molecule has 0 aliphatic heterocycles. The summed E-state index contributed by atoms with van der Waals surface area (Å²) < 4.78 is 0. The molecule has 94 valence electrons. The van der Waals surface area contributed by atoms with E-state index in [1.54, 1.807) is 0 Å². The van der Waals surface area contributed by atoms with Gasteiger partial charge in [-0.25, -0.2) is 4.79 Å². The lowest BCUT2D eigenvalue weighted by atomic mass is 9.97. The van der Waals surface area contributed by atoms with E-state index in [1.807, 2.05) is 20.8 Å². The van der Waals surface area contributed by atoms with Gasteiger partial charge in [0.1, 0.15) is 6.04 Å². The molecule has 16 heavy (non-hydrogen) atoms. The Kier molecular flexibility index (Phi) is 6.72. The maximum absolute atomic E-state index is 11.7. The molecule has 0 saturated heterocycles. The van der Waals surface area contributed by atoms with Crippen LogP contribution in [-0.2, 0) is 9.59 Å². The molecule has 0 fully saturated rings. The molecule has 0 bridgehead atoms. The molecule has 0 rings (SSSR count). The van der Waals surface area contributed by atoms with E-state index in [9.17, 15) is 9.59 Å². The zero-order valence-electron chi connectivity index (χ0n) is 10.2. The molecular formula is C11H22N2O3. The summed E-state index contributed by atoms with van der Waals surface area (Å²) in [6.07, 6.45) is 1.33. The van der Waals surface area contributed by atoms with Crippen LogP contribution in [0.5, 0.6) is 0 Å². The number of carboxylic acids is 1. The fraction of sp³-hybridized carbons (Fsp3) is 0.818. The molecule has 3 atom stereocenters. The number of nitrogens with two attached hydrogens (primary N) is 1. The number of aliphatic carboxylic acids is 1. The molecule has 0 radical (unpaired) electrons. The Labute approximate surface area is 96.4 Å². The van der Waals surface area contributed by atoms with E-state index in [4.69, 9.17) is 10.8 Å². The van der Waals surface area contributed by atoms with E-state index in [-0.39, 0.29) is 24.3 Å². The maximum atomic E-state index is 11.7. The van der Waals surface area contributed by atoms with Gasteiger partial charge in [0.25, 0.3) is 0 Å². The molecule has 5 nitrogen and oxygen atoms in total. The smallest absolute Gasteiger partial charge is 0.326 e. The van der Waals surface area contributed by atoms with Crippen LogP contribution in [-0.4, -0.2) is 29.6 Å². The second-order valence-corrected chi connectivity index (χ2v) is 4.05. The summed E-state index contributed by atoms with van der Waals surface area (Å²) in [5.41, 5.74) is 5.44. The normalized spacial score (nSPS) is 16.2. The summed E-state index contributed by atoms with van der Waals surface area (Å²) in [6, 6.07) is -0.821. The minimum atomic E-state index is -0.991. The second-order valence-electron chi connectivity index (χ2n) is 4.05. The molecular weight excluding hydrogens is 208 g/mol. The summed E-state index contributed by atoms with van der Waals surface area (Å²) in [5.74, 6) is -1.64. The molecule has 0 aromatic heterocycles. The van der Waals surface area contributed by atoms with Crippen molar-refractivity contribution in [2.45, 2.75) is 39.7 Å². The summed E-state index contributed by atoms with van der Waals surface area (Å²) in [4.78, 5) is 22.7. The highest BCUT2D eigenvalue weighted by molar-refractivity contribution is 5.85. The van der Waals surface area contributed by atoms with Gasteiger partial charge in [0.15, 0.2) is 0 Å². The fourth-order valence-electron chi connectivity index (χ4n) is 1.41. The quantitative estimate of drug-likeness (QED) is 0.596. The molecule has 0 saturated carbocycles. The van der Waals surface area contributed by atoms with Crippen molar-refractivity contribution in [2.24, 2.45) is 17.6 Å². The van der Waals surface area contributed by atoms with E-state index in [0.29, 0.717) is 12.8 Å². The van der Waals surface area contributed by atoms with Gasteiger partial charge in [-0.05, 0) is 12.3 Å². The summed E-state index contributed by atoms with van der Waals surface area (Å²) in [7, 11) is 0. The number of rotatable bonds is 7. The second kappa shape index (κ2) is 7.22. The first kappa shape index (κ1) is 14.9. The van der Waals surface area contributed by atoms with E-state index in [1.165, 1.54) is 0 Å². The predicted molar refractivity (Wildman–Crippen MR) is 61.9 cm³/mol. The highest BCUT2D eigenvalue weighted by Gasteiger charge is 2.27. The highest BCUT2D eigenvalue weighted by atomic mass is 16.4. The van der Waals surface area contributed by atoms with Crippen LogP contribution in [0.15, 0.2) is 0 Å². The van der Waals surface area contributed by atoms with Gasteiger partial charge in [-0.3, -0.25) is 4.79 Å². The predicted octanol–water partition coefficient (Wildman–Crippen LogP) is 0.587. The Balaban J connectivity index is 4.51. The Morgan fingerprint density at radius 3 is 2.19 bits per heavy atom. The Bertz CT molecular complexity index is 239. The first-order valence-corrected chi connectivity index (χ1v) is 5.71. The molecule has 2 unspecified atom stereocenters. The third-order valence-corrected chi connectivity index (χ3v) is 2.92. The van der Waals surface area contributed by atoms with Crippen molar-refractivity contribution in [1.82, 2.24) is 5.32 Å². The topological polar surface area (TPSA) is 92.4 Å². The van der Waals surface area contributed by atoms with Crippen LogP contribution in [0, 0.1) is 11.8 Å². The molecule has 5 heteroatoms. The minimum Gasteiger partial charge on any atom is -0.480 e. The molecule has 1 amide bonds. The molecule has 0 heterocycles. The van der Waals surface area contributed by atoms with Crippen LogP contribution in [0.4, 0.5) is 0 Å². The Morgan fingerprint density at radius 1 is 1.31 bits per heavy atom. The van der Waals surface area contributed by atoms with E-state index >= 15 is 0 Å². The zero-order valence-corrected chi connectivity index (χ0v) is 10.2. The number of hydrogen-bond donors (Lipinski definition) is 3. The van der Waals surface area contributed by atoms with E-state index in [0.717, 1.165) is 0 Å². The minimum absolute atomic E-state index is 0.0864. The van der Waals surface area contributed by atoms with Crippen molar-refractivity contribution in [2.75, 3.05) is 6.54 Å². The average molecular weight is 230 g/mol. The van der Waals surface area contributed by atoms with Gasteiger partial charge >= 0.3 is 5.97 Å². The molecule has 0 aromatic carbocycles. The van der Waals surface area contributed by atoms with Gasteiger partial charge in [0.05, 0.1) is 0 Å². The van der Waals surface area contributed by atoms with Gasteiger partial charge in [0, 0.05) is 12.5 Å². The van der Waals surface area contributed by atoms with E-state index < -0.39 is 12.0 Å². The fourth-order valence-corrected chi connectivity index (χ4v) is 1.41. The lowest BCUT2D eigenvalue weighted by Crippen LogP contribution is -2.48. The molecule has 0 aliphatic rings. The number of nitrogens with one attached hydrogen (secondary N) is 1. The first-order chi connectivity index (χ1) is 7.47. The number of carboxylic acid groups (broad SMARTS) is 1. The maximum Gasteiger partial charge on any atom is 0.326 e. The summed E-state index contributed by atoms with van der Waals surface area (Å²) >= 11 is 0. The number of carbonyl (C=O) groups excluding carboxylic acids is 1. The SMILES string of the molecule is CCC(CN)C(=O)N[C@H](C(=O)O)C(C)CC. The van der Waals surface area contributed by atoms with Crippen molar-refractivity contribution >= 4 is 11.9 Å². The summed E-state index contributed by atoms with van der Waals surface area (Å²) in [5, 5.41) is 11.6. The van der Waals surface area contributed by atoms with Crippen LogP contribution in [0.2, 0.25) is 0 Å². The standard InChI is InChI=1S/C11H22N2O3/c1-4-7(3)9(11(15)16)13-10(14)8(5-2)6-12/h7-9H,4-6,12H2,1-3H3,(H,13,14)(H,15,16)/t7?,8?,9-/m0/s1. The van der Waals surface area contributed by atoms with Crippen molar-refractivity contribution in [3.05, 3.63) is 0 Å². The van der Waals surface area contributed by atoms with Crippen molar-refractivity contribution in [3.63, 3.8) is 0 Å². The van der Waals surface area contributed by atoms with Gasteiger partial charge < -0.3 is 16.2 Å². The first-order valence-electron chi connectivity index (χ1n) is 5.71. The molecule has 0 spiro atoms. The monoisotopic (exact) mass is 230 g/mol. The third-order valence-electron chi connectivity index (χ3n) is 2.92. The number of carbonyl (C=O) groups is 2. The third kappa shape index (κ3) is 4.18. The van der Waals surface area contributed by atoms with Gasteiger partial charge in [-0.1, -0.05) is 27.2 Å². The molecule has 0 aromatic rings. The van der Waals surface area contributed by atoms with E-state index in [2.05, 4.69) is 5.32 Å².